The van der Waals surface area contributed by atoms with Crippen molar-refractivity contribution in [2.75, 3.05) is 0 Å². The standard InChI is InChI=1S/C13H11N.2C2H6/c14-13-11-7-3-1-5-9(11)10-6-2-4-8-12(10)13;2*1-2/h1-8,13H,14H2;2*1-2H3. The maximum atomic E-state index is 6.16. The zero-order valence-corrected chi connectivity index (χ0v) is 11.8. The lowest BCUT2D eigenvalue weighted by molar-refractivity contribution is 0.901. The third-order valence-electron chi connectivity index (χ3n) is 2.88. The van der Waals surface area contributed by atoms with Crippen molar-refractivity contribution in [2.24, 2.45) is 5.73 Å². The summed E-state index contributed by atoms with van der Waals surface area (Å²) in [6.45, 7) is 8.00. The molecular weight excluding hydrogens is 218 g/mol. The van der Waals surface area contributed by atoms with Gasteiger partial charge in [-0.05, 0) is 22.3 Å². The summed E-state index contributed by atoms with van der Waals surface area (Å²) >= 11 is 0. The van der Waals surface area contributed by atoms with Crippen molar-refractivity contribution in [3.63, 3.8) is 0 Å². The van der Waals surface area contributed by atoms with E-state index >= 15 is 0 Å². The van der Waals surface area contributed by atoms with E-state index in [1.807, 2.05) is 39.8 Å². The molecule has 1 aliphatic rings. The van der Waals surface area contributed by atoms with Gasteiger partial charge in [-0.25, -0.2) is 0 Å². The summed E-state index contributed by atoms with van der Waals surface area (Å²) in [7, 11) is 0. The average molecular weight is 241 g/mol. The van der Waals surface area contributed by atoms with Crippen molar-refractivity contribution in [1.82, 2.24) is 0 Å². The first-order chi connectivity index (χ1) is 8.88. The molecule has 0 bridgehead atoms. The van der Waals surface area contributed by atoms with Gasteiger partial charge in [-0.15, -0.1) is 0 Å². The molecule has 0 saturated carbocycles. The van der Waals surface area contributed by atoms with E-state index in [4.69, 9.17) is 5.73 Å². The van der Waals surface area contributed by atoms with E-state index in [1.54, 1.807) is 0 Å². The number of rotatable bonds is 0. The van der Waals surface area contributed by atoms with E-state index in [0.29, 0.717) is 0 Å². The van der Waals surface area contributed by atoms with Crippen LogP contribution in [0.2, 0.25) is 0 Å². The molecule has 96 valence electrons. The molecule has 1 aliphatic carbocycles. The molecule has 1 nitrogen and oxygen atoms in total. The van der Waals surface area contributed by atoms with Crippen LogP contribution in [0.15, 0.2) is 48.5 Å². The van der Waals surface area contributed by atoms with Crippen molar-refractivity contribution in [3.8, 4) is 11.1 Å². The third kappa shape index (κ3) is 2.46. The van der Waals surface area contributed by atoms with E-state index < -0.39 is 0 Å². The summed E-state index contributed by atoms with van der Waals surface area (Å²) in [6, 6.07) is 16.8. The van der Waals surface area contributed by atoms with Gasteiger partial charge < -0.3 is 5.73 Å². The minimum Gasteiger partial charge on any atom is -0.320 e. The highest BCUT2D eigenvalue weighted by molar-refractivity contribution is 5.78. The van der Waals surface area contributed by atoms with Crippen molar-refractivity contribution < 1.29 is 0 Å². The van der Waals surface area contributed by atoms with E-state index in [1.165, 1.54) is 22.3 Å². The third-order valence-corrected chi connectivity index (χ3v) is 2.88. The van der Waals surface area contributed by atoms with E-state index in [9.17, 15) is 0 Å². The van der Waals surface area contributed by atoms with Gasteiger partial charge in [0.15, 0.2) is 0 Å². The van der Waals surface area contributed by atoms with Gasteiger partial charge in [0.05, 0.1) is 6.04 Å². The van der Waals surface area contributed by atoms with Crippen molar-refractivity contribution in [2.45, 2.75) is 33.7 Å². The average Bonchev–Trinajstić information content (AvgIpc) is 2.78. The molecule has 0 saturated heterocycles. The minimum atomic E-state index is 0.0578. The Labute approximate surface area is 111 Å². The van der Waals surface area contributed by atoms with Crippen LogP contribution in [0.1, 0.15) is 44.9 Å². The zero-order valence-electron chi connectivity index (χ0n) is 11.8. The minimum absolute atomic E-state index is 0.0578. The highest BCUT2D eigenvalue weighted by atomic mass is 14.7. The van der Waals surface area contributed by atoms with Gasteiger partial charge in [-0.1, -0.05) is 76.2 Å². The normalized spacial score (nSPS) is 11.4. The number of hydrogen-bond donors (Lipinski definition) is 1. The van der Waals surface area contributed by atoms with E-state index in [2.05, 4.69) is 36.4 Å². The molecule has 0 radical (unpaired) electrons. The Hall–Kier alpha value is -1.60. The topological polar surface area (TPSA) is 26.0 Å². The second-order valence-corrected chi connectivity index (χ2v) is 3.65. The number of hydrogen-bond acceptors (Lipinski definition) is 1. The molecule has 0 heterocycles. The summed E-state index contributed by atoms with van der Waals surface area (Å²) in [6.07, 6.45) is 0. The Bertz CT molecular complexity index is 443. The molecule has 2 N–H and O–H groups in total. The molecule has 2 aromatic carbocycles. The summed E-state index contributed by atoms with van der Waals surface area (Å²) in [5, 5.41) is 0. The Morgan fingerprint density at radius 2 is 1.00 bits per heavy atom. The van der Waals surface area contributed by atoms with Crippen LogP contribution >= 0.6 is 0 Å². The summed E-state index contributed by atoms with van der Waals surface area (Å²) in [5.74, 6) is 0. The lowest BCUT2D eigenvalue weighted by atomic mass is 10.1. The largest absolute Gasteiger partial charge is 0.320 e. The fourth-order valence-electron chi connectivity index (χ4n) is 2.19. The van der Waals surface area contributed by atoms with E-state index in [-0.39, 0.29) is 6.04 Å². The number of benzene rings is 2. The summed E-state index contributed by atoms with van der Waals surface area (Å²) < 4.78 is 0. The van der Waals surface area contributed by atoms with Gasteiger partial charge in [0.25, 0.3) is 0 Å². The predicted octanol–water partition coefficient (Wildman–Crippen LogP) is 4.77. The van der Waals surface area contributed by atoms with Crippen LogP contribution in [-0.2, 0) is 0 Å². The second-order valence-electron chi connectivity index (χ2n) is 3.65. The monoisotopic (exact) mass is 241 g/mol. The lowest BCUT2D eigenvalue weighted by Crippen LogP contribution is -2.07. The van der Waals surface area contributed by atoms with Crippen LogP contribution in [0.3, 0.4) is 0 Å². The molecule has 0 atom stereocenters. The zero-order chi connectivity index (χ0) is 13.5. The Morgan fingerprint density at radius 1 is 0.667 bits per heavy atom. The molecule has 0 fully saturated rings. The van der Waals surface area contributed by atoms with Gasteiger partial charge in [-0.2, -0.15) is 0 Å². The van der Waals surface area contributed by atoms with Crippen LogP contribution in [0.4, 0.5) is 0 Å². The number of fused-ring (bicyclic) bond motifs is 3. The van der Waals surface area contributed by atoms with E-state index in [0.717, 1.165) is 0 Å². The Kier molecular flexibility index (Phi) is 5.60. The van der Waals surface area contributed by atoms with Gasteiger partial charge in [-0.3, -0.25) is 0 Å². The second kappa shape index (κ2) is 6.97. The van der Waals surface area contributed by atoms with Crippen LogP contribution < -0.4 is 5.73 Å². The van der Waals surface area contributed by atoms with Crippen molar-refractivity contribution >= 4 is 0 Å². The highest BCUT2D eigenvalue weighted by Crippen LogP contribution is 2.41. The maximum absolute atomic E-state index is 6.16. The first kappa shape index (κ1) is 14.5. The molecule has 0 amide bonds. The Balaban J connectivity index is 0.000000371. The summed E-state index contributed by atoms with van der Waals surface area (Å²) in [4.78, 5) is 0. The van der Waals surface area contributed by atoms with Crippen LogP contribution in [0.25, 0.3) is 11.1 Å². The van der Waals surface area contributed by atoms with Crippen LogP contribution in [0, 0.1) is 0 Å². The molecule has 2 aromatic rings. The smallest absolute Gasteiger partial charge is 0.0563 e. The summed E-state index contributed by atoms with van der Waals surface area (Å²) in [5.41, 5.74) is 11.2. The lowest BCUT2D eigenvalue weighted by Gasteiger charge is -2.04. The van der Waals surface area contributed by atoms with Gasteiger partial charge >= 0.3 is 0 Å². The molecule has 0 unspecified atom stereocenters. The van der Waals surface area contributed by atoms with Gasteiger partial charge in [0, 0.05) is 0 Å². The van der Waals surface area contributed by atoms with Crippen LogP contribution in [-0.4, -0.2) is 0 Å². The van der Waals surface area contributed by atoms with Gasteiger partial charge in [0.2, 0.25) is 0 Å². The molecule has 0 aliphatic heterocycles. The van der Waals surface area contributed by atoms with Crippen molar-refractivity contribution in [1.29, 1.82) is 0 Å². The molecule has 3 rings (SSSR count). The quantitative estimate of drug-likeness (QED) is 0.706. The van der Waals surface area contributed by atoms with Gasteiger partial charge in [0.1, 0.15) is 0 Å². The van der Waals surface area contributed by atoms with Crippen molar-refractivity contribution in [3.05, 3.63) is 59.7 Å². The predicted molar refractivity (Wildman–Crippen MR) is 80.6 cm³/mol. The maximum Gasteiger partial charge on any atom is 0.0563 e. The SMILES string of the molecule is CC.CC.NC1c2ccccc2-c2ccccc21. The van der Waals surface area contributed by atoms with Crippen LogP contribution in [0.5, 0.6) is 0 Å². The molecular formula is C17H23N. The first-order valence-corrected chi connectivity index (χ1v) is 6.82. The fraction of sp³-hybridized carbons (Fsp3) is 0.294. The fourth-order valence-corrected chi connectivity index (χ4v) is 2.19. The molecule has 0 spiro atoms. The molecule has 0 aromatic heterocycles. The Morgan fingerprint density at radius 3 is 1.39 bits per heavy atom. The molecule has 18 heavy (non-hydrogen) atoms. The number of nitrogens with two attached hydrogens (primary N) is 1. The highest BCUT2D eigenvalue weighted by Gasteiger charge is 2.24. The first-order valence-electron chi connectivity index (χ1n) is 6.82. The molecule has 1 heteroatoms.